The van der Waals surface area contributed by atoms with Gasteiger partial charge in [0.25, 0.3) is 0 Å². The molecule has 3 aromatic rings. The molecule has 1 amide bonds. The maximum atomic E-state index is 12.4. The molecule has 0 fully saturated rings. The number of carbonyl (C=O) groups excluding carboxylic acids is 1. The van der Waals surface area contributed by atoms with Crippen LogP contribution in [-0.4, -0.2) is 22.9 Å². The zero-order valence-corrected chi connectivity index (χ0v) is 12.8. The van der Waals surface area contributed by atoms with Crippen molar-refractivity contribution < 1.29 is 4.79 Å². The van der Waals surface area contributed by atoms with Crippen LogP contribution in [0.15, 0.2) is 42.5 Å². The molecular weight excluding hydrogens is 274 g/mol. The molecule has 1 N–H and O–H groups in total. The number of imidazole rings is 1. The number of H-pyrrole nitrogens is 1. The summed E-state index contributed by atoms with van der Waals surface area (Å²) < 4.78 is 0. The number of para-hydroxylation sites is 2. The van der Waals surface area contributed by atoms with Crippen LogP contribution in [0, 0.1) is 0 Å². The lowest BCUT2D eigenvalue weighted by Crippen LogP contribution is -2.33. The number of hydrogen-bond donors (Lipinski definition) is 1. The second kappa shape index (κ2) is 4.19. The molecule has 1 aromatic heterocycles. The Morgan fingerprint density at radius 1 is 1.14 bits per heavy atom. The van der Waals surface area contributed by atoms with Gasteiger partial charge in [-0.15, -0.1) is 0 Å². The van der Waals surface area contributed by atoms with E-state index in [-0.39, 0.29) is 5.91 Å². The van der Waals surface area contributed by atoms with Crippen molar-refractivity contribution in [3.8, 4) is 11.4 Å². The van der Waals surface area contributed by atoms with Crippen molar-refractivity contribution in [2.45, 2.75) is 19.3 Å². The number of carbonyl (C=O) groups is 1. The molecular formula is C18H17N3O. The average Bonchev–Trinajstić information content (AvgIpc) is 3.02. The van der Waals surface area contributed by atoms with E-state index in [1.54, 1.807) is 4.90 Å². The molecule has 0 spiro atoms. The van der Waals surface area contributed by atoms with Crippen molar-refractivity contribution in [3.05, 3.63) is 48.0 Å². The van der Waals surface area contributed by atoms with Gasteiger partial charge in [-0.05, 0) is 37.6 Å². The van der Waals surface area contributed by atoms with Gasteiger partial charge in [0.15, 0.2) is 0 Å². The van der Waals surface area contributed by atoms with Crippen molar-refractivity contribution >= 4 is 22.6 Å². The zero-order chi connectivity index (χ0) is 15.5. The van der Waals surface area contributed by atoms with Crippen molar-refractivity contribution in [2.24, 2.45) is 0 Å². The minimum absolute atomic E-state index is 0.129. The SMILES string of the molecule is CN1C(=O)C(C)(C)c2ccc(-c3nc4ccccc4[nH]3)cc21. The number of anilines is 1. The number of nitrogens with zero attached hydrogens (tertiary/aromatic N) is 2. The maximum Gasteiger partial charge on any atom is 0.236 e. The largest absolute Gasteiger partial charge is 0.338 e. The first-order chi connectivity index (χ1) is 10.5. The highest BCUT2D eigenvalue weighted by atomic mass is 16.2. The maximum absolute atomic E-state index is 12.4. The lowest BCUT2D eigenvalue weighted by molar-refractivity contribution is -0.121. The summed E-state index contributed by atoms with van der Waals surface area (Å²) in [6.07, 6.45) is 0. The van der Waals surface area contributed by atoms with Crippen LogP contribution in [0.3, 0.4) is 0 Å². The molecule has 1 aliphatic heterocycles. The van der Waals surface area contributed by atoms with E-state index in [2.05, 4.69) is 9.97 Å². The molecule has 4 nitrogen and oxygen atoms in total. The summed E-state index contributed by atoms with van der Waals surface area (Å²) in [6, 6.07) is 14.1. The Kier molecular flexibility index (Phi) is 2.49. The topological polar surface area (TPSA) is 49.0 Å². The number of aromatic amines is 1. The number of nitrogens with one attached hydrogen (secondary N) is 1. The molecule has 22 heavy (non-hydrogen) atoms. The van der Waals surface area contributed by atoms with Crippen LogP contribution in [0.2, 0.25) is 0 Å². The quantitative estimate of drug-likeness (QED) is 0.746. The summed E-state index contributed by atoms with van der Waals surface area (Å²) in [5.41, 5.74) is 4.53. The summed E-state index contributed by atoms with van der Waals surface area (Å²) in [6.45, 7) is 3.94. The number of aromatic nitrogens is 2. The van der Waals surface area contributed by atoms with Gasteiger partial charge in [0.1, 0.15) is 5.82 Å². The first-order valence-corrected chi connectivity index (χ1v) is 7.36. The second-order valence-corrected chi connectivity index (χ2v) is 6.32. The first kappa shape index (κ1) is 13.1. The fraction of sp³-hybridized carbons (Fsp3) is 0.222. The zero-order valence-electron chi connectivity index (χ0n) is 12.8. The number of amides is 1. The van der Waals surface area contributed by atoms with Crippen LogP contribution in [0.5, 0.6) is 0 Å². The average molecular weight is 291 g/mol. The summed E-state index contributed by atoms with van der Waals surface area (Å²) in [5.74, 6) is 0.957. The number of benzene rings is 2. The second-order valence-electron chi connectivity index (χ2n) is 6.32. The van der Waals surface area contributed by atoms with Gasteiger partial charge in [-0.25, -0.2) is 4.98 Å². The highest BCUT2D eigenvalue weighted by Crippen LogP contribution is 2.42. The molecule has 4 rings (SSSR count). The van der Waals surface area contributed by atoms with Gasteiger partial charge in [-0.3, -0.25) is 4.79 Å². The van der Waals surface area contributed by atoms with Crippen LogP contribution in [0.4, 0.5) is 5.69 Å². The Hall–Kier alpha value is -2.62. The first-order valence-electron chi connectivity index (χ1n) is 7.36. The lowest BCUT2D eigenvalue weighted by atomic mass is 9.86. The Labute approximate surface area is 128 Å². The molecule has 0 atom stereocenters. The Morgan fingerprint density at radius 2 is 1.91 bits per heavy atom. The molecule has 0 bridgehead atoms. The molecule has 0 aliphatic carbocycles. The van der Waals surface area contributed by atoms with Crippen LogP contribution >= 0.6 is 0 Å². The monoisotopic (exact) mass is 291 g/mol. The minimum Gasteiger partial charge on any atom is -0.338 e. The third kappa shape index (κ3) is 1.64. The predicted molar refractivity (Wildman–Crippen MR) is 88.0 cm³/mol. The summed E-state index contributed by atoms with van der Waals surface area (Å²) in [7, 11) is 1.83. The molecule has 0 unspecified atom stereocenters. The number of likely N-dealkylation sites (N-methyl/N-ethyl adjacent to an activating group) is 1. The lowest BCUT2D eigenvalue weighted by Gasteiger charge is -2.16. The van der Waals surface area contributed by atoms with Crippen LogP contribution < -0.4 is 4.90 Å². The molecule has 0 saturated heterocycles. The van der Waals surface area contributed by atoms with E-state index >= 15 is 0 Å². The Morgan fingerprint density at radius 3 is 2.68 bits per heavy atom. The normalized spacial score (nSPS) is 16.3. The third-order valence-corrected chi connectivity index (χ3v) is 4.53. The number of hydrogen-bond acceptors (Lipinski definition) is 2. The summed E-state index contributed by atoms with van der Waals surface area (Å²) >= 11 is 0. The minimum atomic E-state index is -0.462. The van der Waals surface area contributed by atoms with Gasteiger partial charge in [-0.1, -0.05) is 24.3 Å². The number of rotatable bonds is 1. The molecule has 2 heterocycles. The molecule has 110 valence electrons. The van der Waals surface area contributed by atoms with E-state index in [0.29, 0.717) is 0 Å². The third-order valence-electron chi connectivity index (χ3n) is 4.53. The van der Waals surface area contributed by atoms with Gasteiger partial charge in [0.2, 0.25) is 5.91 Å². The Bertz CT molecular complexity index is 875. The molecule has 0 saturated carbocycles. The van der Waals surface area contributed by atoms with Gasteiger partial charge >= 0.3 is 0 Å². The summed E-state index contributed by atoms with van der Waals surface area (Å²) in [4.78, 5) is 22.1. The van der Waals surface area contributed by atoms with Gasteiger partial charge in [-0.2, -0.15) is 0 Å². The smallest absolute Gasteiger partial charge is 0.236 e. The van der Waals surface area contributed by atoms with Crippen molar-refractivity contribution in [2.75, 3.05) is 11.9 Å². The van der Waals surface area contributed by atoms with Crippen LogP contribution in [0.25, 0.3) is 22.4 Å². The fourth-order valence-corrected chi connectivity index (χ4v) is 3.22. The molecule has 4 heteroatoms. The van der Waals surface area contributed by atoms with E-state index in [0.717, 1.165) is 33.7 Å². The van der Waals surface area contributed by atoms with Crippen molar-refractivity contribution in [1.29, 1.82) is 0 Å². The highest BCUT2D eigenvalue weighted by molar-refractivity contribution is 6.07. The molecule has 0 radical (unpaired) electrons. The van der Waals surface area contributed by atoms with Crippen molar-refractivity contribution in [3.63, 3.8) is 0 Å². The van der Waals surface area contributed by atoms with Crippen LogP contribution in [0.1, 0.15) is 19.4 Å². The van der Waals surface area contributed by atoms with Crippen molar-refractivity contribution in [1.82, 2.24) is 9.97 Å². The van der Waals surface area contributed by atoms with Gasteiger partial charge in [0, 0.05) is 18.3 Å². The number of fused-ring (bicyclic) bond motifs is 2. The standard InChI is InChI=1S/C18H17N3O/c1-18(2)12-9-8-11(10-15(12)21(3)17(18)22)16-19-13-6-4-5-7-14(13)20-16/h4-10H,1-3H3,(H,19,20). The van der Waals surface area contributed by atoms with E-state index in [1.807, 2.05) is 63.4 Å². The van der Waals surface area contributed by atoms with Crippen LogP contribution in [-0.2, 0) is 10.2 Å². The van der Waals surface area contributed by atoms with Gasteiger partial charge in [0.05, 0.1) is 16.4 Å². The van der Waals surface area contributed by atoms with E-state index in [4.69, 9.17) is 0 Å². The predicted octanol–water partition coefficient (Wildman–Crippen LogP) is 3.48. The van der Waals surface area contributed by atoms with E-state index in [9.17, 15) is 4.79 Å². The van der Waals surface area contributed by atoms with Gasteiger partial charge < -0.3 is 9.88 Å². The fourth-order valence-electron chi connectivity index (χ4n) is 3.22. The highest BCUT2D eigenvalue weighted by Gasteiger charge is 2.42. The Balaban J connectivity index is 1.87. The molecule has 2 aromatic carbocycles. The van der Waals surface area contributed by atoms with E-state index < -0.39 is 5.41 Å². The van der Waals surface area contributed by atoms with E-state index in [1.165, 1.54) is 0 Å². The molecule has 1 aliphatic rings. The summed E-state index contributed by atoms with van der Waals surface area (Å²) in [5, 5.41) is 0.